The van der Waals surface area contributed by atoms with Crippen molar-refractivity contribution in [1.82, 2.24) is 94.2 Å². The first-order valence-corrected chi connectivity index (χ1v) is 45.0. The number of nitrogens with one attached hydrogen (secondary N) is 6. The summed E-state index contributed by atoms with van der Waals surface area (Å²) < 4.78 is 49.5. The number of amides is 6. The molecule has 6 atom stereocenters. The number of hydrogen-bond acceptors (Lipinski definition) is 18. The summed E-state index contributed by atoms with van der Waals surface area (Å²) in [4.78, 5) is 134. The van der Waals surface area contributed by atoms with Crippen LogP contribution in [0.1, 0.15) is 215 Å². The van der Waals surface area contributed by atoms with Gasteiger partial charge < -0.3 is 58.5 Å². The Morgan fingerprint density at radius 1 is 0.359 bits per heavy atom. The predicted octanol–water partition coefficient (Wildman–Crippen LogP) is 19.8. The second kappa shape index (κ2) is 45.2. The van der Waals surface area contributed by atoms with E-state index in [2.05, 4.69) is 125 Å². The topological polar surface area (TPSA) is 353 Å². The Balaban J connectivity index is 0.000000149. The van der Waals surface area contributed by atoms with E-state index >= 15 is 0 Å². The van der Waals surface area contributed by atoms with E-state index < -0.39 is 28.0 Å². The molecule has 128 heavy (non-hydrogen) atoms. The van der Waals surface area contributed by atoms with Crippen molar-refractivity contribution in [2.24, 2.45) is 35.5 Å². The molecule has 0 fully saturated rings. The van der Waals surface area contributed by atoms with Crippen LogP contribution in [0.4, 0.5) is 32.8 Å². The van der Waals surface area contributed by atoms with E-state index in [0.29, 0.717) is 61.5 Å². The van der Waals surface area contributed by atoms with E-state index in [9.17, 15) is 37.5 Å². The molecule has 0 radical (unpaired) electrons. The number of carbonyl (C=O) groups is 6. The summed E-state index contributed by atoms with van der Waals surface area (Å²) in [7, 11) is 0. The fraction of sp³-hybridized carbons (Fsp3) is 0.478. The summed E-state index contributed by atoms with van der Waals surface area (Å²) in [6.45, 7) is 27.6. The molecular weight excluding hydrogens is 1770 g/mol. The number of benzene rings is 3. The number of imidazole rings is 6. The van der Waals surface area contributed by atoms with Gasteiger partial charge in [-0.05, 0) is 107 Å². The third-order valence-electron chi connectivity index (χ3n) is 22.4. The van der Waals surface area contributed by atoms with E-state index in [4.69, 9.17) is 88.6 Å². The first-order chi connectivity index (χ1) is 61.1. The van der Waals surface area contributed by atoms with Crippen LogP contribution in [0.25, 0.3) is 0 Å². The molecule has 0 saturated carbocycles. The lowest BCUT2D eigenvalue weighted by atomic mass is 9.92. The molecule has 6 amide bonds. The molecule has 6 N–H and O–H groups in total. The Bertz CT molecular complexity index is 5160. The number of pyridine rings is 1. The van der Waals surface area contributed by atoms with Crippen molar-refractivity contribution in [3.8, 4) is 0 Å². The molecule has 6 unspecified atom stereocenters. The molecule has 7 aromatic heterocycles. The molecular formula is C90H111Cl6F2N19O11. The van der Waals surface area contributed by atoms with Gasteiger partial charge in [0.25, 0.3) is 5.91 Å². The van der Waals surface area contributed by atoms with Crippen LogP contribution in [0.15, 0.2) is 141 Å². The van der Waals surface area contributed by atoms with E-state index in [1.54, 1.807) is 88.0 Å². The van der Waals surface area contributed by atoms with Gasteiger partial charge in [0.15, 0.2) is 6.61 Å². The quantitative estimate of drug-likeness (QED) is 0.0386. The maximum absolute atomic E-state index is 12.7. The first kappa shape index (κ1) is 98.1. The van der Waals surface area contributed by atoms with Crippen LogP contribution < -0.4 is 0 Å². The Hall–Kier alpha value is -10.5. The Labute approximate surface area is 773 Å². The molecule has 13 heterocycles. The van der Waals surface area contributed by atoms with Crippen LogP contribution in [0.3, 0.4) is 0 Å². The lowest BCUT2D eigenvalue weighted by Crippen LogP contribution is -2.43. The van der Waals surface area contributed by atoms with Gasteiger partial charge in [-0.1, -0.05) is 190 Å². The Kier molecular flexibility index (Phi) is 34.6. The number of rotatable bonds is 16. The molecule has 10 aromatic rings. The van der Waals surface area contributed by atoms with Crippen molar-refractivity contribution in [2.75, 3.05) is 52.5 Å². The largest absolute Gasteiger partial charge is 0.445 e. The highest BCUT2D eigenvalue weighted by molar-refractivity contribution is 6.67. The maximum Gasteiger partial charge on any atom is 0.410 e. The zero-order valence-corrected chi connectivity index (χ0v) is 78.1. The molecule has 6 aliphatic heterocycles. The summed E-state index contributed by atoms with van der Waals surface area (Å²) in [6, 6.07) is 29.2. The zero-order chi connectivity index (χ0) is 92.3. The average molecular weight is 1890 g/mol. The van der Waals surface area contributed by atoms with Crippen molar-refractivity contribution in [2.45, 2.75) is 187 Å². The number of alkyl halides is 6. The van der Waals surface area contributed by atoms with Gasteiger partial charge >= 0.3 is 35.8 Å². The maximum atomic E-state index is 12.7. The number of nitrogens with zero attached hydrogens (tertiary/aromatic N) is 13. The number of halogens is 8. The molecule has 0 bridgehead atoms. The van der Waals surface area contributed by atoms with Crippen molar-refractivity contribution in [3.63, 3.8) is 0 Å². The van der Waals surface area contributed by atoms with Gasteiger partial charge in [0.05, 0.1) is 114 Å². The number of ether oxygens (including phenoxy) is 5. The highest BCUT2D eigenvalue weighted by Gasteiger charge is 2.43. The molecule has 6 aliphatic rings. The van der Waals surface area contributed by atoms with Crippen LogP contribution in [0, 0.1) is 35.5 Å². The standard InChI is InChI=1S/2C17H20ClN3O2.C16H20N4O2.C16H19N3O.C12H16Cl3N3O2.C12H16ClF2N3O2/c1-11(2)16-15-14(19-10-20-15)7-8-21(16)17(22)23-9-12-3-5-13(18)6-4-12;1-11(2)16-15-14(19-10-20-15)6-7-21(16)17(22)23-9-12-4-3-5-13(18)8-12;1-11(2)15-14-13(18-10-19-14)6-8-20(15)16(21)22-9-12-5-3-4-7-17-12;1-11(2)15-14-13(17-10-18-14)8-9-19(15)16(20)12-6-4-3-5-7-12;2*1-7(2)10-9-8(16-6-17-9)3-4-18(10)11(19)20-5-12(13,14)15/h3-6,10-11,16H,7-9H2,1-2H3,(H,19,20);3-5,8,10-11,16H,6-7,9H2,1-2H3,(H,19,20);3-5,7,10-11,15H,6,8-9H2,1-2H3,(H,18,19);3-7,10-11,15H,8-9H2,1-2H3,(H,17,18);2*6-7,10H,3-5H2,1-2H3,(H,16,17). The molecule has 38 heteroatoms. The minimum Gasteiger partial charge on any atom is -0.445 e. The fourth-order valence-electron chi connectivity index (χ4n) is 16.7. The van der Waals surface area contributed by atoms with Gasteiger partial charge in [0, 0.05) is 134 Å². The van der Waals surface area contributed by atoms with Gasteiger partial charge in [-0.3, -0.25) is 34.3 Å². The van der Waals surface area contributed by atoms with Gasteiger partial charge in [-0.25, -0.2) is 53.9 Å². The number of aromatic amines is 6. The molecule has 688 valence electrons. The number of aromatic nitrogens is 13. The van der Waals surface area contributed by atoms with Gasteiger partial charge in [0.1, 0.15) is 26.4 Å². The van der Waals surface area contributed by atoms with Crippen LogP contribution in [0.5, 0.6) is 0 Å². The van der Waals surface area contributed by atoms with Crippen LogP contribution in [-0.2, 0) is 82.0 Å². The highest BCUT2D eigenvalue weighted by atomic mass is 35.6. The zero-order valence-electron chi connectivity index (χ0n) is 73.6. The van der Waals surface area contributed by atoms with Gasteiger partial charge in [-0.15, -0.1) is 0 Å². The number of carbonyl (C=O) groups excluding carboxylic acids is 6. The normalized spacial score (nSPS) is 18.0. The summed E-state index contributed by atoms with van der Waals surface area (Å²) >= 11 is 33.3. The predicted molar refractivity (Wildman–Crippen MR) is 482 cm³/mol. The average Bonchev–Trinajstić information content (AvgIpc) is 1.60. The van der Waals surface area contributed by atoms with Crippen LogP contribution in [-0.4, -0.2) is 192 Å². The minimum absolute atomic E-state index is 0.0498. The highest BCUT2D eigenvalue weighted by Crippen LogP contribution is 2.41. The fourth-order valence-corrected chi connectivity index (χ4v) is 17.3. The molecule has 30 nitrogen and oxygen atoms in total. The number of fused-ring (bicyclic) bond motifs is 6. The third-order valence-corrected chi connectivity index (χ3v) is 23.3. The summed E-state index contributed by atoms with van der Waals surface area (Å²) in [6.07, 6.45) is 14.0. The second-order valence-corrected chi connectivity index (χ2v) is 37.6. The van der Waals surface area contributed by atoms with Crippen LogP contribution in [0.2, 0.25) is 10.0 Å². The smallest absolute Gasteiger partial charge is 0.410 e. The monoisotopic (exact) mass is 1880 g/mol. The third kappa shape index (κ3) is 25.7. The van der Waals surface area contributed by atoms with Crippen molar-refractivity contribution in [3.05, 3.63) is 242 Å². The lowest BCUT2D eigenvalue weighted by molar-refractivity contribution is -0.00498. The van der Waals surface area contributed by atoms with E-state index in [1.807, 2.05) is 105 Å². The second-order valence-electron chi connectivity index (χ2n) is 33.6. The van der Waals surface area contributed by atoms with E-state index in [1.165, 1.54) is 10.6 Å². The summed E-state index contributed by atoms with van der Waals surface area (Å²) in [5.41, 5.74) is 15.4. The Morgan fingerprint density at radius 3 is 0.992 bits per heavy atom. The van der Waals surface area contributed by atoms with Crippen molar-refractivity contribution < 1.29 is 61.2 Å². The van der Waals surface area contributed by atoms with E-state index in [-0.39, 0.29) is 116 Å². The Morgan fingerprint density at radius 2 is 0.672 bits per heavy atom. The molecule has 3 aromatic carbocycles. The van der Waals surface area contributed by atoms with Crippen molar-refractivity contribution >= 4 is 106 Å². The van der Waals surface area contributed by atoms with Crippen molar-refractivity contribution in [1.29, 1.82) is 0 Å². The van der Waals surface area contributed by atoms with Gasteiger partial charge in [-0.2, -0.15) is 8.78 Å². The van der Waals surface area contributed by atoms with E-state index in [0.717, 1.165) is 117 Å². The van der Waals surface area contributed by atoms with Crippen LogP contribution >= 0.6 is 69.6 Å². The summed E-state index contributed by atoms with van der Waals surface area (Å²) in [5, 5.41) is -2.24. The van der Waals surface area contributed by atoms with Gasteiger partial charge in [0.2, 0.25) is 3.79 Å². The minimum atomic E-state index is -3.55. The molecule has 0 saturated heterocycles. The lowest BCUT2D eigenvalue weighted by Gasteiger charge is -2.37. The number of H-pyrrole nitrogens is 6. The molecule has 0 spiro atoms. The number of hydrogen-bond donors (Lipinski definition) is 6. The summed E-state index contributed by atoms with van der Waals surface area (Å²) in [5.74, 6) is 1.52. The SMILES string of the molecule is CC(C)C1c2nc[nH]c2CCN1C(=O)OCC(Cl)(Cl)Cl.CC(C)C1c2nc[nH]c2CCN1C(=O)OCC(F)(F)Cl.CC(C)C1c2nc[nH]c2CCN1C(=O)OCc1ccc(Cl)cc1.CC(C)C1c2nc[nH]c2CCN1C(=O)OCc1cccc(Cl)c1.CC(C)C1c2nc[nH]c2CCN1C(=O)OCc1ccccn1.CC(C)C1c2nc[nH]c2CCN1C(=O)c1ccccc1. The molecule has 16 rings (SSSR count). The first-order valence-electron chi connectivity index (χ1n) is 42.7. The molecule has 0 aliphatic carbocycles.